The van der Waals surface area contributed by atoms with Crippen molar-refractivity contribution >= 4 is 33.3 Å². The molecule has 1 fully saturated rings. The van der Waals surface area contributed by atoms with Crippen LogP contribution in [0.2, 0.25) is 0 Å². The number of alkyl halides is 3. The minimum atomic E-state index is -4.46. The highest BCUT2D eigenvalue weighted by Crippen LogP contribution is 2.31. The molecular weight excluding hydrogens is 367 g/mol. The minimum absolute atomic E-state index is 0.0479. The first-order valence-electron chi connectivity index (χ1n) is 8.18. The molecule has 1 aromatic carbocycles. The van der Waals surface area contributed by atoms with Crippen LogP contribution >= 0.6 is 11.3 Å². The Hall–Kier alpha value is -2.36. The van der Waals surface area contributed by atoms with Crippen molar-refractivity contribution in [3.63, 3.8) is 0 Å². The summed E-state index contributed by atoms with van der Waals surface area (Å²) >= 11 is 1.24. The maximum absolute atomic E-state index is 12.7. The molecular formula is C16H18F3N5OS. The molecule has 0 aliphatic carbocycles. The van der Waals surface area contributed by atoms with Crippen LogP contribution in [0.3, 0.4) is 0 Å². The molecule has 0 spiro atoms. The number of carbonyl (C=O) groups is 1. The molecule has 0 saturated carbocycles. The molecule has 3 rings (SSSR count). The summed E-state index contributed by atoms with van der Waals surface area (Å²) in [4.78, 5) is 14.2. The fraction of sp³-hybridized carbons (Fsp3) is 0.438. The van der Waals surface area contributed by atoms with Crippen molar-refractivity contribution in [3.05, 3.63) is 29.8 Å². The van der Waals surface area contributed by atoms with E-state index in [4.69, 9.17) is 0 Å². The van der Waals surface area contributed by atoms with Gasteiger partial charge in [0.05, 0.1) is 5.56 Å². The highest BCUT2D eigenvalue weighted by molar-refractivity contribution is 7.19. The summed E-state index contributed by atoms with van der Waals surface area (Å²) in [6.07, 6.45) is -1.12. The van der Waals surface area contributed by atoms with E-state index in [0.29, 0.717) is 11.2 Å². The molecule has 0 radical (unpaired) electrons. The van der Waals surface area contributed by atoms with E-state index in [2.05, 4.69) is 32.7 Å². The summed E-state index contributed by atoms with van der Waals surface area (Å²) in [5.41, 5.74) is -0.778. The summed E-state index contributed by atoms with van der Waals surface area (Å²) < 4.78 is 38.1. The zero-order chi connectivity index (χ0) is 18.7. The van der Waals surface area contributed by atoms with Crippen molar-refractivity contribution < 1.29 is 18.0 Å². The van der Waals surface area contributed by atoms with E-state index in [1.54, 1.807) is 0 Å². The van der Waals surface area contributed by atoms with E-state index in [0.717, 1.165) is 36.7 Å². The van der Waals surface area contributed by atoms with Crippen LogP contribution in [0.1, 0.15) is 31.7 Å². The first-order chi connectivity index (χ1) is 12.3. The smallest absolute Gasteiger partial charge is 0.344 e. The SMILES string of the molecule is C[C@H]1CCCCN1c1nnc(NC(=O)Nc2cccc(C(F)(F)F)c2)s1. The van der Waals surface area contributed by atoms with E-state index >= 15 is 0 Å². The summed E-state index contributed by atoms with van der Waals surface area (Å²) in [6.45, 7) is 3.01. The predicted octanol–water partition coefficient (Wildman–Crippen LogP) is 4.58. The Balaban J connectivity index is 1.62. The van der Waals surface area contributed by atoms with E-state index in [-0.39, 0.29) is 5.69 Å². The van der Waals surface area contributed by atoms with Crippen molar-refractivity contribution in [1.29, 1.82) is 0 Å². The number of hydrogen-bond acceptors (Lipinski definition) is 5. The number of halogens is 3. The van der Waals surface area contributed by atoms with Crippen LogP contribution < -0.4 is 15.5 Å². The van der Waals surface area contributed by atoms with Crippen LogP contribution in [0.5, 0.6) is 0 Å². The molecule has 2 heterocycles. The van der Waals surface area contributed by atoms with Gasteiger partial charge in [0.25, 0.3) is 0 Å². The number of anilines is 3. The number of hydrogen-bond donors (Lipinski definition) is 2. The van der Waals surface area contributed by atoms with Gasteiger partial charge in [-0.05, 0) is 44.4 Å². The number of amides is 2. The van der Waals surface area contributed by atoms with Crippen molar-refractivity contribution in [2.45, 2.75) is 38.4 Å². The molecule has 1 aromatic heterocycles. The number of nitrogens with zero attached hydrogens (tertiary/aromatic N) is 3. The third kappa shape index (κ3) is 4.43. The van der Waals surface area contributed by atoms with Gasteiger partial charge in [-0.25, -0.2) is 4.79 Å². The summed E-state index contributed by atoms with van der Waals surface area (Å²) in [5.74, 6) is 0. The van der Waals surface area contributed by atoms with Crippen LogP contribution in [0.4, 0.5) is 33.9 Å². The number of rotatable bonds is 3. The first kappa shape index (κ1) is 18.4. The average molecular weight is 385 g/mol. The van der Waals surface area contributed by atoms with Gasteiger partial charge in [-0.3, -0.25) is 5.32 Å². The zero-order valence-corrected chi connectivity index (χ0v) is 14.8. The molecule has 2 aromatic rings. The van der Waals surface area contributed by atoms with Crippen molar-refractivity contribution in [1.82, 2.24) is 10.2 Å². The Bertz CT molecular complexity index is 779. The lowest BCUT2D eigenvalue weighted by molar-refractivity contribution is -0.137. The van der Waals surface area contributed by atoms with Crippen LogP contribution in [0.15, 0.2) is 24.3 Å². The minimum Gasteiger partial charge on any atom is -0.344 e. The van der Waals surface area contributed by atoms with E-state index < -0.39 is 17.8 Å². The Morgan fingerprint density at radius 2 is 2.08 bits per heavy atom. The van der Waals surface area contributed by atoms with E-state index in [1.807, 2.05) is 0 Å². The molecule has 0 bridgehead atoms. The zero-order valence-electron chi connectivity index (χ0n) is 14.0. The third-order valence-corrected chi connectivity index (χ3v) is 5.01. The monoisotopic (exact) mass is 385 g/mol. The van der Waals surface area contributed by atoms with E-state index in [9.17, 15) is 18.0 Å². The number of urea groups is 1. The van der Waals surface area contributed by atoms with Crippen molar-refractivity contribution in [2.24, 2.45) is 0 Å². The third-order valence-electron chi connectivity index (χ3n) is 4.13. The van der Waals surface area contributed by atoms with Crippen LogP contribution in [-0.2, 0) is 6.18 Å². The Labute approximate surface area is 152 Å². The standard InChI is InChI=1S/C16H18F3N5OS/c1-10-5-2-3-8-24(10)15-23-22-14(26-15)21-13(25)20-12-7-4-6-11(9-12)16(17,18)19/h4,6-7,9-10H,2-3,5,8H2,1H3,(H2,20,21,22,25)/t10-/m0/s1. The van der Waals surface area contributed by atoms with Gasteiger partial charge < -0.3 is 10.2 Å². The summed E-state index contributed by atoms with van der Waals surface area (Å²) in [7, 11) is 0. The van der Waals surface area contributed by atoms with Crippen LogP contribution in [0.25, 0.3) is 0 Å². The highest BCUT2D eigenvalue weighted by Gasteiger charge is 2.30. The number of benzene rings is 1. The lowest BCUT2D eigenvalue weighted by atomic mass is 10.1. The van der Waals surface area contributed by atoms with Crippen molar-refractivity contribution in [2.75, 3.05) is 22.1 Å². The topological polar surface area (TPSA) is 70.2 Å². The maximum Gasteiger partial charge on any atom is 0.416 e. The van der Waals surface area contributed by atoms with Gasteiger partial charge in [0.2, 0.25) is 10.3 Å². The van der Waals surface area contributed by atoms with Gasteiger partial charge in [0.1, 0.15) is 0 Å². The Morgan fingerprint density at radius 1 is 1.27 bits per heavy atom. The Kier molecular flexibility index (Phi) is 5.30. The van der Waals surface area contributed by atoms with Gasteiger partial charge >= 0.3 is 12.2 Å². The van der Waals surface area contributed by atoms with Gasteiger partial charge in [-0.1, -0.05) is 17.4 Å². The quantitative estimate of drug-likeness (QED) is 0.811. The molecule has 26 heavy (non-hydrogen) atoms. The molecule has 140 valence electrons. The number of carbonyl (C=O) groups excluding carboxylic acids is 1. The lowest BCUT2D eigenvalue weighted by Gasteiger charge is -2.32. The number of aromatic nitrogens is 2. The average Bonchev–Trinajstić information content (AvgIpc) is 3.02. The molecule has 0 unspecified atom stereocenters. The highest BCUT2D eigenvalue weighted by atomic mass is 32.1. The largest absolute Gasteiger partial charge is 0.416 e. The van der Waals surface area contributed by atoms with Crippen LogP contribution in [-0.4, -0.2) is 28.8 Å². The molecule has 1 saturated heterocycles. The Morgan fingerprint density at radius 3 is 2.81 bits per heavy atom. The van der Waals surface area contributed by atoms with Crippen LogP contribution in [0, 0.1) is 0 Å². The fourth-order valence-corrected chi connectivity index (χ4v) is 3.67. The lowest BCUT2D eigenvalue weighted by Crippen LogP contribution is -2.37. The number of nitrogens with one attached hydrogen (secondary N) is 2. The van der Waals surface area contributed by atoms with Gasteiger partial charge in [-0.15, -0.1) is 10.2 Å². The fourth-order valence-electron chi connectivity index (χ4n) is 2.80. The summed E-state index contributed by atoms with van der Waals surface area (Å²) in [6, 6.07) is 4.14. The first-order valence-corrected chi connectivity index (χ1v) is 9.00. The van der Waals surface area contributed by atoms with Gasteiger partial charge in [-0.2, -0.15) is 13.2 Å². The molecule has 1 aliphatic heterocycles. The number of piperidine rings is 1. The molecule has 10 heteroatoms. The molecule has 1 aliphatic rings. The second-order valence-corrected chi connectivity index (χ2v) is 7.04. The molecule has 1 atom stereocenters. The van der Waals surface area contributed by atoms with E-state index in [1.165, 1.54) is 29.9 Å². The van der Waals surface area contributed by atoms with Gasteiger partial charge in [0.15, 0.2) is 0 Å². The normalized spacial score (nSPS) is 17.8. The molecule has 6 nitrogen and oxygen atoms in total. The predicted molar refractivity (Wildman–Crippen MR) is 94.7 cm³/mol. The summed E-state index contributed by atoms with van der Waals surface area (Å²) in [5, 5.41) is 13.9. The maximum atomic E-state index is 12.7. The molecule has 2 amide bonds. The second kappa shape index (κ2) is 7.48. The second-order valence-electron chi connectivity index (χ2n) is 6.09. The molecule has 2 N–H and O–H groups in total. The van der Waals surface area contributed by atoms with Crippen molar-refractivity contribution in [3.8, 4) is 0 Å². The van der Waals surface area contributed by atoms with Gasteiger partial charge in [0, 0.05) is 18.3 Å².